The van der Waals surface area contributed by atoms with Crippen LogP contribution in [0.5, 0.6) is 11.5 Å². The van der Waals surface area contributed by atoms with Crippen molar-refractivity contribution in [1.29, 1.82) is 0 Å². The van der Waals surface area contributed by atoms with Crippen molar-refractivity contribution in [3.63, 3.8) is 0 Å². The van der Waals surface area contributed by atoms with Gasteiger partial charge in [-0.3, -0.25) is 34.0 Å². The Labute approximate surface area is 385 Å². The summed E-state index contributed by atoms with van der Waals surface area (Å²) in [7, 11) is 4.01. The number of para-hydroxylation sites is 1. The third-order valence-corrected chi connectivity index (χ3v) is 13.5. The normalized spacial score (nSPS) is 18.3. The van der Waals surface area contributed by atoms with Crippen LogP contribution in [0.1, 0.15) is 79.7 Å². The van der Waals surface area contributed by atoms with Crippen molar-refractivity contribution in [2.45, 2.75) is 117 Å². The highest BCUT2D eigenvalue weighted by Crippen LogP contribution is 2.46. The Morgan fingerprint density at radius 3 is 2.18 bits per heavy atom. The number of ether oxygens (including phenoxy) is 2. The summed E-state index contributed by atoms with van der Waals surface area (Å²) >= 11 is 0. The van der Waals surface area contributed by atoms with E-state index in [0.29, 0.717) is 36.8 Å². The van der Waals surface area contributed by atoms with Crippen molar-refractivity contribution in [2.75, 3.05) is 48.5 Å². The van der Waals surface area contributed by atoms with Crippen LogP contribution < -0.4 is 19.7 Å². The summed E-state index contributed by atoms with van der Waals surface area (Å²) in [4.78, 5) is 75.7. The summed E-state index contributed by atoms with van der Waals surface area (Å²) in [6, 6.07) is 13.2. The lowest BCUT2D eigenvalue weighted by Crippen LogP contribution is -2.59. The topological polar surface area (TPSA) is 189 Å². The average Bonchev–Trinajstić information content (AvgIpc) is 3.75. The van der Waals surface area contributed by atoms with Gasteiger partial charge in [-0.1, -0.05) is 79.2 Å². The second-order valence-electron chi connectivity index (χ2n) is 18.1. The summed E-state index contributed by atoms with van der Waals surface area (Å²) in [5, 5.41) is 6.62. The monoisotopic (exact) mass is 925 g/mol. The average molecular weight is 925 g/mol. The van der Waals surface area contributed by atoms with Gasteiger partial charge >= 0.3 is 7.82 Å². The third-order valence-electron chi connectivity index (χ3n) is 12.6. The molecule has 0 saturated carbocycles. The zero-order valence-corrected chi connectivity index (χ0v) is 41.2. The van der Waals surface area contributed by atoms with Crippen LogP contribution in [0.4, 0.5) is 0 Å². The molecule has 16 nitrogen and oxygen atoms in total. The van der Waals surface area contributed by atoms with Crippen LogP contribution in [0, 0.1) is 23.7 Å². The van der Waals surface area contributed by atoms with Crippen LogP contribution >= 0.6 is 7.82 Å². The largest absolute Gasteiger partial charge is 0.584 e. The van der Waals surface area contributed by atoms with Crippen LogP contribution in [0.3, 0.4) is 0 Å². The van der Waals surface area contributed by atoms with E-state index < -0.39 is 44.1 Å². The molecule has 1 fully saturated rings. The number of aromatic nitrogens is 1. The van der Waals surface area contributed by atoms with Crippen LogP contribution in [-0.2, 0) is 39.6 Å². The molecule has 1 unspecified atom stereocenters. The summed E-state index contributed by atoms with van der Waals surface area (Å²) in [5.74, 6) is -1.29. The molecule has 2 aromatic carbocycles. The molecule has 0 spiro atoms. The predicted octanol–water partition coefficient (Wildman–Crippen LogP) is 6.10. The maximum Gasteiger partial charge on any atom is 0.584 e. The van der Waals surface area contributed by atoms with E-state index in [2.05, 4.69) is 15.6 Å². The van der Waals surface area contributed by atoms with Gasteiger partial charge in [-0.05, 0) is 87.0 Å². The van der Waals surface area contributed by atoms with E-state index in [9.17, 15) is 28.6 Å². The second kappa shape index (κ2) is 24.3. The standard InChI is InChI=1S/C48H73N6O10P/c1-13-32(6)44(53(10)48(58)42(30(2)3)51-47(57)43(31(4)5)52(8)9)40(61-11)29-41(55)54-28-16-19-38(54)45(62-12)33(7)46(56)50-26-24-34-20-22-35(23-21-34)63-65(59,60)64-39-25-27-49-37-18-15-14-17-36(37)39/h14-15,17-18,20-23,25,27,30-33,38,40,42-45H,13,16,19,24,26,28-29H2,1-12H3,(H,50,56)(H,51,57)(H,59,60)/t32-,33+,38-,40+,42-,43-,44-,45+/m0/s1. The molecule has 1 aromatic heterocycles. The number of likely N-dealkylation sites (tertiary alicyclic amines) is 1. The van der Waals surface area contributed by atoms with Crippen LogP contribution in [0.25, 0.3) is 10.9 Å². The van der Waals surface area contributed by atoms with Crippen LogP contribution in [-0.4, -0.2) is 133 Å². The highest BCUT2D eigenvalue weighted by Gasteiger charge is 2.43. The van der Waals surface area contributed by atoms with E-state index in [1.54, 1.807) is 80.5 Å². The number of carbonyl (C=O) groups excluding carboxylic acids is 4. The van der Waals surface area contributed by atoms with Gasteiger partial charge in [0.1, 0.15) is 17.5 Å². The molecule has 0 aliphatic carbocycles. The smallest absolute Gasteiger partial charge is 0.395 e. The number of carbonyl (C=O) groups is 4. The highest BCUT2D eigenvalue weighted by molar-refractivity contribution is 7.48. The molecule has 4 amide bonds. The Morgan fingerprint density at radius 1 is 0.908 bits per heavy atom. The van der Waals surface area contributed by atoms with E-state index in [0.717, 1.165) is 18.4 Å². The molecular formula is C48H73N6O10P. The fourth-order valence-electron chi connectivity index (χ4n) is 9.04. The summed E-state index contributed by atoms with van der Waals surface area (Å²) in [6.45, 7) is 14.5. The number of amides is 4. The Morgan fingerprint density at radius 2 is 1.58 bits per heavy atom. The van der Waals surface area contributed by atoms with E-state index in [1.807, 2.05) is 66.6 Å². The fraction of sp³-hybridized carbons (Fsp3) is 0.604. The molecular weight excluding hydrogens is 852 g/mol. The number of nitrogens with zero attached hydrogens (tertiary/aromatic N) is 4. The molecule has 2 heterocycles. The molecule has 1 aliphatic heterocycles. The van der Waals surface area contributed by atoms with Gasteiger partial charge in [0, 0.05) is 45.9 Å². The lowest BCUT2D eigenvalue weighted by molar-refractivity contribution is -0.148. The van der Waals surface area contributed by atoms with Gasteiger partial charge in [-0.2, -0.15) is 0 Å². The fourth-order valence-corrected chi connectivity index (χ4v) is 9.88. The van der Waals surface area contributed by atoms with Crippen LogP contribution in [0.2, 0.25) is 0 Å². The number of methoxy groups -OCH3 is 2. The zero-order chi connectivity index (χ0) is 48.2. The number of pyridine rings is 1. The summed E-state index contributed by atoms with van der Waals surface area (Å²) in [5.41, 5.74) is 1.47. The first-order chi connectivity index (χ1) is 30.7. The van der Waals surface area contributed by atoms with Crippen molar-refractivity contribution in [3.05, 3.63) is 66.4 Å². The Bertz CT molecular complexity index is 2070. The number of benzene rings is 2. The first-order valence-electron chi connectivity index (χ1n) is 22.8. The first-order valence-corrected chi connectivity index (χ1v) is 24.2. The van der Waals surface area contributed by atoms with Gasteiger partial charge in [0.05, 0.1) is 48.2 Å². The van der Waals surface area contributed by atoms with Crippen molar-refractivity contribution in [3.8, 4) is 11.5 Å². The number of hydrogen-bond donors (Lipinski definition) is 3. The lowest BCUT2D eigenvalue weighted by atomic mass is 9.89. The van der Waals surface area contributed by atoms with E-state index in [-0.39, 0.29) is 65.3 Å². The van der Waals surface area contributed by atoms with E-state index in [1.165, 1.54) is 12.3 Å². The molecule has 3 aromatic rings. The molecule has 3 N–H and O–H groups in total. The molecule has 17 heteroatoms. The van der Waals surface area contributed by atoms with Gasteiger partial charge in [0.25, 0.3) is 0 Å². The zero-order valence-electron chi connectivity index (χ0n) is 40.4. The minimum absolute atomic E-state index is 0.0139. The maximum atomic E-state index is 14.3. The van der Waals surface area contributed by atoms with Gasteiger partial charge in [-0.15, -0.1) is 0 Å². The molecule has 9 atom stereocenters. The highest BCUT2D eigenvalue weighted by atomic mass is 31.2. The molecule has 1 aliphatic rings. The third kappa shape index (κ3) is 14.0. The molecule has 65 heavy (non-hydrogen) atoms. The minimum atomic E-state index is -4.53. The number of rotatable bonds is 24. The van der Waals surface area contributed by atoms with Crippen LogP contribution in [0.15, 0.2) is 60.8 Å². The maximum absolute atomic E-state index is 14.3. The second-order valence-corrected chi connectivity index (χ2v) is 19.4. The molecule has 0 radical (unpaired) electrons. The number of phosphoric ester groups is 1. The van der Waals surface area contributed by atoms with Crippen molar-refractivity contribution in [2.24, 2.45) is 23.7 Å². The molecule has 360 valence electrons. The molecule has 0 bridgehead atoms. The van der Waals surface area contributed by atoms with Crippen molar-refractivity contribution < 1.29 is 47.2 Å². The number of likely N-dealkylation sites (N-methyl/N-ethyl adjacent to an activating group) is 2. The summed E-state index contributed by atoms with van der Waals surface area (Å²) < 4.78 is 35.6. The Hall–Kier alpha value is -4.60. The number of phosphoric acid groups is 1. The number of nitrogens with one attached hydrogen (secondary N) is 2. The summed E-state index contributed by atoms with van der Waals surface area (Å²) in [6.07, 6.45) is 2.89. The lowest BCUT2D eigenvalue weighted by Gasteiger charge is -2.41. The SMILES string of the molecule is CC[C@H](C)[C@@H]([C@@H](CC(=O)N1CCC[C@H]1[C@H](OC)[C@@H](C)C(=O)NCCc1ccc(OP(=O)(O)Oc2ccnc3ccccc23)cc1)OC)N(C)C(=O)[C@@H](NC(=O)[C@H](C(C)C)N(C)C)C(C)C. The number of fused-ring (bicyclic) bond motifs is 1. The minimum Gasteiger partial charge on any atom is -0.395 e. The predicted molar refractivity (Wildman–Crippen MR) is 251 cm³/mol. The Balaban J connectivity index is 1.36. The van der Waals surface area contributed by atoms with E-state index in [4.69, 9.17) is 18.5 Å². The molecule has 4 rings (SSSR count). The first kappa shape index (κ1) is 53.0. The van der Waals surface area contributed by atoms with Crippen molar-refractivity contribution in [1.82, 2.24) is 30.3 Å². The molecule has 1 saturated heterocycles. The van der Waals surface area contributed by atoms with Crippen molar-refractivity contribution >= 4 is 42.4 Å². The van der Waals surface area contributed by atoms with Gasteiger partial charge in [0.2, 0.25) is 23.6 Å². The quantitative estimate of drug-likeness (QED) is 0.0878. The van der Waals surface area contributed by atoms with Gasteiger partial charge in [-0.25, -0.2) is 4.57 Å². The van der Waals surface area contributed by atoms with Gasteiger partial charge < -0.3 is 39.0 Å². The van der Waals surface area contributed by atoms with Gasteiger partial charge in [0.15, 0.2) is 0 Å². The number of hydrogen-bond acceptors (Lipinski definition) is 11. The Kier molecular flexibility index (Phi) is 19.8. The van der Waals surface area contributed by atoms with E-state index >= 15 is 0 Å².